The van der Waals surface area contributed by atoms with Gasteiger partial charge in [0.1, 0.15) is 11.5 Å². The quantitative estimate of drug-likeness (QED) is 0.0235. The molecular formula is C62H66BF2N7O9S. The predicted octanol–water partition coefficient (Wildman–Crippen LogP) is 8.44. The van der Waals surface area contributed by atoms with Crippen LogP contribution >= 0.6 is 11.3 Å². The summed E-state index contributed by atoms with van der Waals surface area (Å²) in [5.41, 5.74) is 4.69. The molecule has 426 valence electrons. The fraction of sp³-hybridized carbons (Fsp3) is 0.306. The van der Waals surface area contributed by atoms with E-state index in [4.69, 9.17) is 23.7 Å². The number of ether oxygens (including phenoxy) is 5. The van der Waals surface area contributed by atoms with Crippen molar-refractivity contribution in [3.8, 4) is 11.5 Å². The monoisotopic (exact) mass is 1130 g/mol. The van der Waals surface area contributed by atoms with Crippen LogP contribution in [0.2, 0.25) is 0 Å². The first kappa shape index (κ1) is 57.2. The van der Waals surface area contributed by atoms with E-state index in [9.17, 15) is 19.2 Å². The molecule has 3 amide bonds. The first-order valence-corrected chi connectivity index (χ1v) is 28.8. The van der Waals surface area contributed by atoms with Crippen molar-refractivity contribution < 1.29 is 56.0 Å². The molecule has 7 aromatic rings. The molecule has 3 aromatic heterocycles. The molecule has 0 unspecified atom stereocenters. The van der Waals surface area contributed by atoms with Crippen LogP contribution in [0, 0.1) is 0 Å². The van der Waals surface area contributed by atoms with Gasteiger partial charge in [-0.3, -0.25) is 24.1 Å². The maximum atomic E-state index is 16.1. The average molecular weight is 1130 g/mol. The van der Waals surface area contributed by atoms with Crippen molar-refractivity contribution in [1.29, 1.82) is 0 Å². The Morgan fingerprint density at radius 2 is 1.41 bits per heavy atom. The number of benzene rings is 4. The third-order valence-electron chi connectivity index (χ3n) is 14.5. The van der Waals surface area contributed by atoms with Crippen LogP contribution in [-0.4, -0.2) is 147 Å². The van der Waals surface area contributed by atoms with Crippen LogP contribution in [-0.2, 0) is 35.1 Å². The molecule has 6 heterocycles. The molecule has 0 bridgehead atoms. The third-order valence-corrected chi connectivity index (χ3v) is 15.4. The lowest BCUT2D eigenvalue weighted by atomic mass is 9.90. The van der Waals surface area contributed by atoms with Gasteiger partial charge in [0.05, 0.1) is 44.5 Å². The van der Waals surface area contributed by atoms with E-state index < -0.39 is 6.97 Å². The Morgan fingerprint density at radius 1 is 0.683 bits per heavy atom. The van der Waals surface area contributed by atoms with Crippen molar-refractivity contribution in [1.82, 2.24) is 29.9 Å². The smallest absolute Gasteiger partial charge is 0.484 e. The lowest BCUT2D eigenvalue weighted by Gasteiger charge is -2.30. The highest BCUT2D eigenvalue weighted by Gasteiger charge is 2.52. The first-order chi connectivity index (χ1) is 40.1. The molecule has 1 saturated heterocycles. The van der Waals surface area contributed by atoms with Crippen molar-refractivity contribution in [3.05, 3.63) is 172 Å². The zero-order valence-corrected chi connectivity index (χ0v) is 46.4. The number of halogens is 2. The summed E-state index contributed by atoms with van der Waals surface area (Å²) in [6.45, 7) is 2.56. The summed E-state index contributed by atoms with van der Waals surface area (Å²) in [6.07, 6.45) is 13.1. The maximum Gasteiger partial charge on any atom is 0.737 e. The van der Waals surface area contributed by atoms with Gasteiger partial charge in [-0.25, -0.2) is 0 Å². The lowest BCUT2D eigenvalue weighted by Crippen LogP contribution is -2.50. The van der Waals surface area contributed by atoms with Crippen molar-refractivity contribution in [2.75, 3.05) is 92.1 Å². The van der Waals surface area contributed by atoms with E-state index in [0.717, 1.165) is 67.1 Å². The third kappa shape index (κ3) is 14.4. The maximum absolute atomic E-state index is 16.1. The Morgan fingerprint density at radius 3 is 2.20 bits per heavy atom. The van der Waals surface area contributed by atoms with Gasteiger partial charge in [0.25, 0.3) is 11.8 Å². The summed E-state index contributed by atoms with van der Waals surface area (Å²) in [6, 6.07) is 33.4. The van der Waals surface area contributed by atoms with Crippen molar-refractivity contribution >= 4 is 87.4 Å². The molecule has 20 heteroatoms. The normalized spacial score (nSPS) is 14.7. The highest BCUT2D eigenvalue weighted by Crippen LogP contribution is 2.35. The van der Waals surface area contributed by atoms with Crippen LogP contribution in [0.4, 0.5) is 8.63 Å². The number of hydrogen-bond donors (Lipinski definition) is 3. The molecule has 0 radical (unpaired) electrons. The number of nitrogens with zero attached hydrogens (tertiary/aromatic N) is 4. The molecule has 10 rings (SSSR count). The largest absolute Gasteiger partial charge is 0.737 e. The first-order valence-electron chi connectivity index (χ1n) is 27.9. The second-order valence-corrected chi connectivity index (χ2v) is 21.0. The minimum absolute atomic E-state index is 0.0748. The van der Waals surface area contributed by atoms with E-state index in [0.29, 0.717) is 117 Å². The van der Waals surface area contributed by atoms with Gasteiger partial charge in [-0.2, -0.15) is 0 Å². The Kier molecular flexibility index (Phi) is 19.3. The number of carbonyl (C=O) groups is 4. The summed E-state index contributed by atoms with van der Waals surface area (Å²) in [7, 11) is 0. The van der Waals surface area contributed by atoms with Crippen LogP contribution in [0.25, 0.3) is 39.9 Å². The Labute approximate surface area is 478 Å². The number of nitrogens with one attached hydrogen (secondary N) is 3. The second-order valence-electron chi connectivity index (χ2n) is 20.1. The SMILES string of the molecule is O=C(CCCCCNC(=O)COc1ccc(/C=C/c2ccc3n2[B-](F)(F)[N+]2=C(c4cccs4)C=CC2=C3)cc1)NCCOCCOCCNC(=O)COc1ccc2c(c1)c(C(=O)c1cccc3ccccc13)cn2CCN1CCOCC1. The van der Waals surface area contributed by atoms with Crippen molar-refractivity contribution in [3.63, 3.8) is 0 Å². The molecule has 3 N–H and O–H groups in total. The van der Waals surface area contributed by atoms with Crippen LogP contribution in [0.3, 0.4) is 0 Å². The summed E-state index contributed by atoms with van der Waals surface area (Å²) < 4.78 is 65.0. The van der Waals surface area contributed by atoms with Crippen LogP contribution < -0.4 is 25.4 Å². The van der Waals surface area contributed by atoms with Crippen LogP contribution in [0.15, 0.2) is 139 Å². The Hall–Kier alpha value is -8.01. The average Bonchev–Trinajstić information content (AvgIpc) is 3.06. The van der Waals surface area contributed by atoms with Gasteiger partial charge in [0.15, 0.2) is 30.4 Å². The number of ketones is 1. The van der Waals surface area contributed by atoms with E-state index in [1.807, 2.05) is 84.4 Å². The minimum Gasteiger partial charge on any atom is -0.484 e. The van der Waals surface area contributed by atoms with Crippen molar-refractivity contribution in [2.24, 2.45) is 0 Å². The van der Waals surface area contributed by atoms with Gasteiger partial charge in [0.2, 0.25) is 5.91 Å². The topological polar surface area (TPSA) is 167 Å². The Bertz CT molecular complexity index is 3510. The van der Waals surface area contributed by atoms with Crippen LogP contribution in [0.5, 0.6) is 11.5 Å². The number of thiophene rings is 1. The number of morpholine rings is 1. The van der Waals surface area contributed by atoms with E-state index in [1.165, 1.54) is 11.3 Å². The highest BCUT2D eigenvalue weighted by atomic mass is 32.1. The van der Waals surface area contributed by atoms with Crippen molar-refractivity contribution in [2.45, 2.75) is 32.2 Å². The standard InChI is InChI=1S/C62H66BF2N7O9S/c64-63(65)71-47(18-19-48(71)40-49-20-24-57(72(49)63)58-12-7-39-82-58)17-14-45-15-21-50(22-16-45)80-43-60(74)66-26-5-1-2-13-59(73)67-27-33-77-37-38-78-34-28-68-61(75)44-81-51-23-25-56-54(41-51)55(42-70(56)30-29-69-31-35-79-36-32-69)62(76)53-11-6-9-46-8-3-4-10-52(46)53/h3-4,6-12,14-25,39-42H,1-2,5,13,26-38,43-44H2,(H,66,74)(H,67,73)(H,68,75)/b17-14+. The molecule has 0 saturated carbocycles. The fourth-order valence-electron chi connectivity index (χ4n) is 10.3. The molecule has 0 aliphatic carbocycles. The van der Waals surface area contributed by atoms with Gasteiger partial charge < -0.3 is 61.8 Å². The zero-order chi connectivity index (χ0) is 56.7. The van der Waals surface area contributed by atoms with Gasteiger partial charge in [-0.15, -0.1) is 11.3 Å². The minimum atomic E-state index is -4.13. The van der Waals surface area contributed by atoms with E-state index in [1.54, 1.807) is 66.8 Å². The molecule has 4 aromatic carbocycles. The molecule has 1 fully saturated rings. The highest BCUT2D eigenvalue weighted by molar-refractivity contribution is 7.12. The molecule has 3 aliphatic rings. The summed E-state index contributed by atoms with van der Waals surface area (Å²) in [5.74, 6) is 0.264. The zero-order valence-electron chi connectivity index (χ0n) is 45.6. The number of allylic oxidation sites excluding steroid dienone is 2. The van der Waals surface area contributed by atoms with E-state index >= 15 is 8.63 Å². The van der Waals surface area contributed by atoms with Gasteiger partial charge in [-0.05, 0) is 89.2 Å². The number of rotatable bonds is 29. The van der Waals surface area contributed by atoms with Gasteiger partial charge in [-0.1, -0.05) is 73.2 Å². The van der Waals surface area contributed by atoms with E-state index in [-0.39, 0.29) is 49.9 Å². The van der Waals surface area contributed by atoms with Gasteiger partial charge in [0, 0.05) is 110 Å². The molecular weight excluding hydrogens is 1070 g/mol. The van der Waals surface area contributed by atoms with Crippen LogP contribution in [0.1, 0.15) is 63.4 Å². The number of unbranched alkanes of at least 4 members (excludes halogenated alkanes) is 2. The molecule has 16 nitrogen and oxygen atoms in total. The fourth-order valence-corrected chi connectivity index (χ4v) is 11.0. The molecule has 82 heavy (non-hydrogen) atoms. The number of amides is 3. The second kappa shape index (κ2) is 27.6. The Balaban J connectivity index is 0.549. The molecule has 0 atom stereocenters. The lowest BCUT2D eigenvalue weighted by molar-refractivity contribution is -0.360. The summed E-state index contributed by atoms with van der Waals surface area (Å²) in [5, 5.41) is 13.0. The van der Waals surface area contributed by atoms with E-state index in [2.05, 4.69) is 25.4 Å². The molecule has 3 aliphatic heterocycles. The summed E-state index contributed by atoms with van der Waals surface area (Å²) >= 11 is 1.43. The number of aromatic nitrogens is 2. The summed E-state index contributed by atoms with van der Waals surface area (Å²) in [4.78, 5) is 54.9. The predicted molar refractivity (Wildman–Crippen MR) is 316 cm³/mol. The van der Waals surface area contributed by atoms with Gasteiger partial charge >= 0.3 is 6.97 Å². The number of fused-ring (bicyclic) bond motifs is 4. The number of hydrogen-bond acceptors (Lipinski definition) is 11. The molecule has 0 spiro atoms. The number of carbonyl (C=O) groups excluding carboxylic acids is 4.